The Morgan fingerprint density at radius 1 is 1.12 bits per heavy atom. The number of furan rings is 1. The van der Waals surface area contributed by atoms with Crippen molar-refractivity contribution in [2.45, 2.75) is 6.92 Å². The molecule has 0 radical (unpaired) electrons. The van der Waals surface area contributed by atoms with Gasteiger partial charge in [0.05, 0.1) is 11.0 Å². The first-order valence-electron chi connectivity index (χ1n) is 7.23. The van der Waals surface area contributed by atoms with Crippen LogP contribution in [0.1, 0.15) is 16.1 Å². The number of H-pyrrole nitrogens is 2. The van der Waals surface area contributed by atoms with Crippen molar-refractivity contribution in [3.63, 3.8) is 0 Å². The average Bonchev–Trinajstić information content (AvgIpc) is 3.06. The molecule has 6 nitrogen and oxygen atoms in total. The molecule has 2 aromatic heterocycles. The van der Waals surface area contributed by atoms with Gasteiger partial charge in [0.1, 0.15) is 5.58 Å². The number of hydrogen-bond donors (Lipinski definition) is 3. The quantitative estimate of drug-likeness (QED) is 0.517. The number of imidazole rings is 1. The van der Waals surface area contributed by atoms with Gasteiger partial charge in [-0.1, -0.05) is 11.6 Å². The van der Waals surface area contributed by atoms with Gasteiger partial charge in [-0.2, -0.15) is 0 Å². The van der Waals surface area contributed by atoms with E-state index in [-0.39, 0.29) is 17.4 Å². The molecule has 0 aliphatic carbocycles. The molecule has 0 fully saturated rings. The van der Waals surface area contributed by atoms with Crippen LogP contribution in [0.15, 0.2) is 45.6 Å². The van der Waals surface area contributed by atoms with E-state index in [0.717, 1.165) is 10.9 Å². The summed E-state index contributed by atoms with van der Waals surface area (Å²) in [6, 6.07) is 10.3. The molecule has 0 aliphatic heterocycles. The summed E-state index contributed by atoms with van der Waals surface area (Å²) in [4.78, 5) is 29.1. The van der Waals surface area contributed by atoms with Crippen LogP contribution in [0.4, 0.5) is 5.69 Å². The van der Waals surface area contributed by atoms with E-state index in [0.29, 0.717) is 27.3 Å². The van der Waals surface area contributed by atoms with Gasteiger partial charge >= 0.3 is 5.69 Å². The molecule has 1 amide bonds. The van der Waals surface area contributed by atoms with Crippen molar-refractivity contribution in [2.24, 2.45) is 0 Å². The van der Waals surface area contributed by atoms with E-state index in [1.165, 1.54) is 0 Å². The highest BCUT2D eigenvalue weighted by atomic mass is 35.5. The zero-order valence-corrected chi connectivity index (χ0v) is 13.3. The average molecular weight is 342 g/mol. The number of anilines is 1. The Balaban J connectivity index is 1.70. The van der Waals surface area contributed by atoms with Crippen LogP contribution in [0.2, 0.25) is 5.02 Å². The number of carbonyl (C=O) groups is 1. The van der Waals surface area contributed by atoms with Gasteiger partial charge in [-0.15, -0.1) is 0 Å². The summed E-state index contributed by atoms with van der Waals surface area (Å²) in [5.74, 6) is -0.132. The second kappa shape index (κ2) is 5.28. The fourth-order valence-electron chi connectivity index (χ4n) is 2.71. The van der Waals surface area contributed by atoms with Crippen molar-refractivity contribution >= 4 is 45.2 Å². The van der Waals surface area contributed by atoms with Gasteiger partial charge in [-0.3, -0.25) is 4.79 Å². The van der Waals surface area contributed by atoms with Gasteiger partial charge < -0.3 is 19.7 Å². The van der Waals surface area contributed by atoms with Crippen molar-refractivity contribution < 1.29 is 9.21 Å². The maximum Gasteiger partial charge on any atom is 0.323 e. The highest BCUT2D eigenvalue weighted by molar-refractivity contribution is 6.31. The lowest BCUT2D eigenvalue weighted by Gasteiger charge is -2.03. The number of halogens is 1. The normalized spacial score (nSPS) is 11.2. The fraction of sp³-hybridized carbons (Fsp3) is 0.0588. The maximum atomic E-state index is 12.5. The minimum atomic E-state index is -0.364. The fourth-order valence-corrected chi connectivity index (χ4v) is 2.88. The summed E-state index contributed by atoms with van der Waals surface area (Å²) >= 11 is 5.99. The number of amides is 1. The molecular formula is C17H12ClN3O3. The van der Waals surface area contributed by atoms with Crippen LogP contribution >= 0.6 is 11.6 Å². The van der Waals surface area contributed by atoms with Crippen molar-refractivity contribution in [1.82, 2.24) is 9.97 Å². The highest BCUT2D eigenvalue weighted by Crippen LogP contribution is 2.28. The second-order valence-electron chi connectivity index (χ2n) is 5.49. The van der Waals surface area contributed by atoms with Gasteiger partial charge in [0.25, 0.3) is 5.91 Å². The number of fused-ring (bicyclic) bond motifs is 2. The molecule has 0 saturated heterocycles. The Labute approximate surface area is 140 Å². The Hall–Kier alpha value is -2.99. The van der Waals surface area contributed by atoms with Gasteiger partial charge in [0.2, 0.25) is 0 Å². The van der Waals surface area contributed by atoms with Crippen molar-refractivity contribution in [3.8, 4) is 0 Å². The van der Waals surface area contributed by atoms with Crippen LogP contribution < -0.4 is 11.0 Å². The standard InChI is InChI=1S/C17H12ClN3O3/c1-8-11-6-9(18)2-5-14(11)24-15(8)16(22)19-10-3-4-12-13(7-10)21-17(23)20-12/h2-7H,1H3,(H,19,22)(H2,20,21,23). The molecular weight excluding hydrogens is 330 g/mol. The predicted octanol–water partition coefficient (Wildman–Crippen LogP) is 3.82. The third-order valence-corrected chi connectivity index (χ3v) is 4.11. The number of benzene rings is 2. The van der Waals surface area contributed by atoms with E-state index in [2.05, 4.69) is 15.3 Å². The predicted molar refractivity (Wildman–Crippen MR) is 92.8 cm³/mol. The van der Waals surface area contributed by atoms with E-state index in [1.807, 2.05) is 6.92 Å². The van der Waals surface area contributed by atoms with Crippen molar-refractivity contribution in [1.29, 1.82) is 0 Å². The van der Waals surface area contributed by atoms with E-state index < -0.39 is 0 Å². The molecule has 0 spiro atoms. The van der Waals surface area contributed by atoms with Gasteiger partial charge in [-0.05, 0) is 43.3 Å². The molecule has 7 heteroatoms. The summed E-state index contributed by atoms with van der Waals surface area (Å²) < 4.78 is 5.64. The van der Waals surface area contributed by atoms with Crippen LogP contribution in [0.25, 0.3) is 22.0 Å². The third-order valence-electron chi connectivity index (χ3n) is 3.88. The van der Waals surface area contributed by atoms with Crippen molar-refractivity contribution in [3.05, 3.63) is 63.2 Å². The molecule has 0 unspecified atom stereocenters. The number of carbonyl (C=O) groups excluding carboxylic acids is 1. The summed E-state index contributed by atoms with van der Waals surface area (Å²) in [7, 11) is 0. The van der Waals surface area contributed by atoms with E-state index in [1.54, 1.807) is 36.4 Å². The molecule has 2 heterocycles. The zero-order chi connectivity index (χ0) is 16.8. The lowest BCUT2D eigenvalue weighted by molar-refractivity contribution is 0.0998. The van der Waals surface area contributed by atoms with Crippen LogP contribution in [-0.2, 0) is 0 Å². The number of hydrogen-bond acceptors (Lipinski definition) is 3. The molecule has 4 rings (SSSR count). The number of aryl methyl sites for hydroxylation is 1. The summed E-state index contributed by atoms with van der Waals surface area (Å²) in [5.41, 5.74) is 2.88. The van der Waals surface area contributed by atoms with Crippen LogP contribution in [-0.4, -0.2) is 15.9 Å². The van der Waals surface area contributed by atoms with Crippen LogP contribution in [0.5, 0.6) is 0 Å². The smallest absolute Gasteiger partial charge is 0.323 e. The molecule has 2 aromatic carbocycles. The molecule has 120 valence electrons. The Morgan fingerprint density at radius 3 is 2.75 bits per heavy atom. The largest absolute Gasteiger partial charge is 0.451 e. The number of nitrogens with one attached hydrogen (secondary N) is 3. The van der Waals surface area contributed by atoms with E-state index in [4.69, 9.17) is 16.0 Å². The Bertz CT molecular complexity index is 1150. The second-order valence-corrected chi connectivity index (χ2v) is 5.93. The van der Waals surface area contributed by atoms with Gasteiger partial charge in [0, 0.05) is 21.7 Å². The first-order valence-corrected chi connectivity index (χ1v) is 7.61. The molecule has 3 N–H and O–H groups in total. The maximum absolute atomic E-state index is 12.5. The molecule has 0 atom stereocenters. The summed E-state index contributed by atoms with van der Waals surface area (Å²) in [6.45, 7) is 1.81. The van der Waals surface area contributed by atoms with E-state index >= 15 is 0 Å². The monoisotopic (exact) mass is 341 g/mol. The molecule has 4 aromatic rings. The first kappa shape index (κ1) is 14.6. The zero-order valence-electron chi connectivity index (χ0n) is 12.6. The summed E-state index contributed by atoms with van der Waals surface area (Å²) in [5, 5.41) is 4.16. The van der Waals surface area contributed by atoms with E-state index in [9.17, 15) is 9.59 Å². The molecule has 24 heavy (non-hydrogen) atoms. The Kier molecular flexibility index (Phi) is 3.21. The lowest BCUT2D eigenvalue weighted by Crippen LogP contribution is -2.12. The molecule has 0 aliphatic rings. The minimum Gasteiger partial charge on any atom is -0.451 e. The summed E-state index contributed by atoms with van der Waals surface area (Å²) in [6.07, 6.45) is 0. The first-order chi connectivity index (χ1) is 11.5. The topological polar surface area (TPSA) is 90.9 Å². The number of aromatic amines is 2. The van der Waals surface area contributed by atoms with Gasteiger partial charge in [0.15, 0.2) is 5.76 Å². The van der Waals surface area contributed by atoms with Crippen LogP contribution in [0, 0.1) is 6.92 Å². The Morgan fingerprint density at radius 2 is 1.92 bits per heavy atom. The van der Waals surface area contributed by atoms with Crippen molar-refractivity contribution in [2.75, 3.05) is 5.32 Å². The third kappa shape index (κ3) is 2.37. The highest BCUT2D eigenvalue weighted by Gasteiger charge is 2.18. The molecule has 0 bridgehead atoms. The van der Waals surface area contributed by atoms with Crippen LogP contribution in [0.3, 0.4) is 0 Å². The van der Waals surface area contributed by atoms with Gasteiger partial charge in [-0.25, -0.2) is 4.79 Å². The number of rotatable bonds is 2. The number of aromatic nitrogens is 2. The SMILES string of the molecule is Cc1c(C(=O)Nc2ccc3[nH]c(=O)[nH]c3c2)oc2ccc(Cl)cc12. The molecule has 0 saturated carbocycles. The lowest BCUT2D eigenvalue weighted by atomic mass is 10.1. The minimum absolute atomic E-state index is 0.231.